The molecule has 0 aliphatic rings. The average Bonchev–Trinajstić information content (AvgIpc) is 3.03. The highest BCUT2D eigenvalue weighted by Crippen LogP contribution is 2.27. The zero-order valence-electron chi connectivity index (χ0n) is 14.8. The van der Waals surface area contributed by atoms with Gasteiger partial charge in [0, 0.05) is 11.2 Å². The summed E-state index contributed by atoms with van der Waals surface area (Å²) in [6.07, 6.45) is 3.40. The van der Waals surface area contributed by atoms with Crippen molar-refractivity contribution in [1.29, 1.82) is 0 Å². The molecule has 1 heterocycles. The Bertz CT molecular complexity index is 980. The number of aromatic nitrogens is 2. The number of thiocarbonyl (C=S) groups is 1. The molecule has 0 amide bonds. The molecule has 0 aliphatic heterocycles. The van der Waals surface area contributed by atoms with Crippen molar-refractivity contribution in [2.45, 2.75) is 20.1 Å². The first-order valence-electron chi connectivity index (χ1n) is 8.29. The Kier molecular flexibility index (Phi) is 6.43. The molecule has 0 saturated heterocycles. The molecule has 9 heteroatoms. The summed E-state index contributed by atoms with van der Waals surface area (Å²) in [7, 11) is 0. The second-order valence-corrected chi connectivity index (χ2v) is 6.86. The first-order valence-corrected chi connectivity index (χ1v) is 9.08. The van der Waals surface area contributed by atoms with Crippen LogP contribution in [0.4, 0.5) is 20.2 Å². The van der Waals surface area contributed by atoms with Gasteiger partial charge in [0.25, 0.3) is 0 Å². The van der Waals surface area contributed by atoms with E-state index < -0.39 is 6.61 Å². The predicted octanol–water partition coefficient (Wildman–Crippen LogP) is 5.30. The Balaban J connectivity index is 1.64. The summed E-state index contributed by atoms with van der Waals surface area (Å²) in [5.74, 6) is 0.0152. The van der Waals surface area contributed by atoms with Gasteiger partial charge in [-0.25, -0.2) is 0 Å². The number of benzene rings is 2. The Morgan fingerprint density at radius 2 is 2.07 bits per heavy atom. The van der Waals surface area contributed by atoms with Crippen LogP contribution >= 0.6 is 23.8 Å². The van der Waals surface area contributed by atoms with Crippen LogP contribution in [-0.2, 0) is 6.54 Å². The van der Waals surface area contributed by atoms with E-state index in [0.717, 1.165) is 11.1 Å². The zero-order chi connectivity index (χ0) is 20.1. The lowest BCUT2D eigenvalue weighted by atomic mass is 10.2. The van der Waals surface area contributed by atoms with Crippen LogP contribution in [0, 0.1) is 6.92 Å². The molecule has 0 unspecified atom stereocenters. The van der Waals surface area contributed by atoms with Crippen molar-refractivity contribution < 1.29 is 13.5 Å². The third-order valence-corrected chi connectivity index (χ3v) is 4.16. The molecule has 0 fully saturated rings. The Morgan fingerprint density at radius 3 is 2.82 bits per heavy atom. The van der Waals surface area contributed by atoms with Gasteiger partial charge in [0.05, 0.1) is 24.1 Å². The largest absolute Gasteiger partial charge is 0.433 e. The first kappa shape index (κ1) is 20.0. The third kappa shape index (κ3) is 5.64. The molecule has 2 aromatic carbocycles. The Morgan fingerprint density at radius 1 is 1.25 bits per heavy atom. The fourth-order valence-corrected chi connectivity index (χ4v) is 3.00. The number of nitrogens with zero attached hydrogens (tertiary/aromatic N) is 2. The second-order valence-electron chi connectivity index (χ2n) is 6.01. The van der Waals surface area contributed by atoms with Crippen LogP contribution in [0.5, 0.6) is 5.75 Å². The van der Waals surface area contributed by atoms with Crippen molar-refractivity contribution in [1.82, 2.24) is 9.78 Å². The lowest BCUT2D eigenvalue weighted by Crippen LogP contribution is -2.19. The first-order chi connectivity index (χ1) is 13.4. The van der Waals surface area contributed by atoms with Crippen molar-refractivity contribution in [3.8, 4) is 5.75 Å². The van der Waals surface area contributed by atoms with Crippen molar-refractivity contribution in [2.24, 2.45) is 0 Å². The van der Waals surface area contributed by atoms with E-state index in [9.17, 15) is 8.78 Å². The third-order valence-electron chi connectivity index (χ3n) is 3.72. The van der Waals surface area contributed by atoms with Crippen LogP contribution in [0.15, 0.2) is 54.9 Å². The molecule has 3 rings (SSSR count). The maximum atomic E-state index is 12.6. The molecule has 5 nitrogen and oxygen atoms in total. The number of aryl methyl sites for hydroxylation is 1. The SMILES string of the molecule is Cc1ccc(OC(F)F)c(NC(=S)Nc2cnn(Cc3cccc(Cl)c3)c2)c1. The summed E-state index contributed by atoms with van der Waals surface area (Å²) in [6, 6.07) is 12.3. The normalized spacial score (nSPS) is 10.8. The van der Waals surface area contributed by atoms with Gasteiger partial charge in [-0.15, -0.1) is 0 Å². The number of halogens is 3. The average molecular weight is 423 g/mol. The van der Waals surface area contributed by atoms with Gasteiger partial charge in [-0.05, 0) is 54.5 Å². The van der Waals surface area contributed by atoms with Gasteiger partial charge < -0.3 is 15.4 Å². The molecule has 146 valence electrons. The van der Waals surface area contributed by atoms with Gasteiger partial charge >= 0.3 is 6.61 Å². The van der Waals surface area contributed by atoms with Gasteiger partial charge in [-0.1, -0.05) is 29.8 Å². The standard InChI is InChI=1S/C19H17ClF2N4OS/c1-12-5-6-17(27-18(21)22)16(7-12)25-19(28)24-15-9-23-26(11-15)10-13-3-2-4-14(20)8-13/h2-9,11,18H,10H2,1H3,(H2,24,25,28). The molecular formula is C19H17ClF2N4OS. The van der Waals surface area contributed by atoms with Crippen molar-refractivity contribution >= 4 is 40.3 Å². The highest BCUT2D eigenvalue weighted by molar-refractivity contribution is 7.80. The van der Waals surface area contributed by atoms with Crippen LogP contribution in [0.25, 0.3) is 0 Å². The van der Waals surface area contributed by atoms with Crippen LogP contribution in [0.3, 0.4) is 0 Å². The predicted molar refractivity (Wildman–Crippen MR) is 110 cm³/mol. The van der Waals surface area contributed by atoms with E-state index in [1.165, 1.54) is 6.07 Å². The smallest absolute Gasteiger partial charge is 0.387 e. The van der Waals surface area contributed by atoms with E-state index in [-0.39, 0.29) is 10.9 Å². The van der Waals surface area contributed by atoms with E-state index in [2.05, 4.69) is 20.5 Å². The number of ether oxygens (including phenoxy) is 1. The number of rotatable bonds is 6. The van der Waals surface area contributed by atoms with E-state index >= 15 is 0 Å². The monoisotopic (exact) mass is 422 g/mol. The highest BCUT2D eigenvalue weighted by Gasteiger charge is 2.11. The minimum atomic E-state index is -2.92. The zero-order valence-corrected chi connectivity index (χ0v) is 16.4. The molecule has 28 heavy (non-hydrogen) atoms. The fourth-order valence-electron chi connectivity index (χ4n) is 2.56. The number of hydrogen-bond acceptors (Lipinski definition) is 3. The molecule has 0 bridgehead atoms. The van der Waals surface area contributed by atoms with Crippen LogP contribution in [-0.4, -0.2) is 21.5 Å². The molecule has 1 aromatic heterocycles. The van der Waals surface area contributed by atoms with E-state index in [0.29, 0.717) is 22.9 Å². The number of nitrogens with one attached hydrogen (secondary N) is 2. The quantitative estimate of drug-likeness (QED) is 0.528. The molecule has 0 saturated carbocycles. The minimum absolute atomic E-state index is 0.0152. The summed E-state index contributed by atoms with van der Waals surface area (Å²) >= 11 is 11.3. The minimum Gasteiger partial charge on any atom is -0.433 e. The van der Waals surface area contributed by atoms with E-state index in [4.69, 9.17) is 23.8 Å². The van der Waals surface area contributed by atoms with Crippen LogP contribution in [0.1, 0.15) is 11.1 Å². The summed E-state index contributed by atoms with van der Waals surface area (Å²) in [4.78, 5) is 0. The maximum Gasteiger partial charge on any atom is 0.387 e. The van der Waals surface area contributed by atoms with Gasteiger partial charge in [-0.3, -0.25) is 4.68 Å². The lowest BCUT2D eigenvalue weighted by molar-refractivity contribution is -0.0493. The maximum absolute atomic E-state index is 12.6. The van der Waals surface area contributed by atoms with Gasteiger partial charge in [0.15, 0.2) is 5.11 Å². The summed E-state index contributed by atoms with van der Waals surface area (Å²) in [6.45, 7) is -0.532. The summed E-state index contributed by atoms with van der Waals surface area (Å²) in [5, 5.41) is 11.0. The second kappa shape index (κ2) is 8.99. The van der Waals surface area contributed by atoms with Gasteiger partial charge in [0.1, 0.15) is 5.75 Å². The Labute approximate surface area is 171 Å². The van der Waals surface area contributed by atoms with Crippen LogP contribution in [0.2, 0.25) is 5.02 Å². The Hall–Kier alpha value is -2.71. The van der Waals surface area contributed by atoms with Crippen LogP contribution < -0.4 is 15.4 Å². The molecule has 0 spiro atoms. The summed E-state index contributed by atoms with van der Waals surface area (Å²) in [5.41, 5.74) is 2.89. The number of anilines is 2. The van der Waals surface area contributed by atoms with E-state index in [1.807, 2.05) is 31.2 Å². The summed E-state index contributed by atoms with van der Waals surface area (Å²) < 4.78 is 31.4. The molecule has 0 atom stereocenters. The lowest BCUT2D eigenvalue weighted by Gasteiger charge is -2.14. The number of hydrogen-bond donors (Lipinski definition) is 2. The molecule has 2 N–H and O–H groups in total. The molecule has 0 radical (unpaired) electrons. The number of alkyl halides is 2. The fraction of sp³-hybridized carbons (Fsp3) is 0.158. The van der Waals surface area contributed by atoms with Gasteiger partial charge in [-0.2, -0.15) is 13.9 Å². The molecular weight excluding hydrogens is 406 g/mol. The van der Waals surface area contributed by atoms with Crippen molar-refractivity contribution in [3.05, 3.63) is 71.0 Å². The van der Waals surface area contributed by atoms with E-state index in [1.54, 1.807) is 29.2 Å². The van der Waals surface area contributed by atoms with Crippen molar-refractivity contribution in [2.75, 3.05) is 10.6 Å². The molecule has 0 aliphatic carbocycles. The van der Waals surface area contributed by atoms with Gasteiger partial charge in [0.2, 0.25) is 0 Å². The molecule has 3 aromatic rings. The van der Waals surface area contributed by atoms with Crippen molar-refractivity contribution in [3.63, 3.8) is 0 Å². The topological polar surface area (TPSA) is 51.1 Å². The highest BCUT2D eigenvalue weighted by atomic mass is 35.5.